The van der Waals surface area contributed by atoms with Crippen molar-refractivity contribution in [1.29, 1.82) is 0 Å². The van der Waals surface area contributed by atoms with Crippen LogP contribution in [0.5, 0.6) is 11.6 Å². The van der Waals surface area contributed by atoms with Crippen molar-refractivity contribution >= 4 is 21.8 Å². The Morgan fingerprint density at radius 3 is 2.36 bits per heavy atom. The summed E-state index contributed by atoms with van der Waals surface area (Å²) < 4.78 is 55.0. The van der Waals surface area contributed by atoms with E-state index in [1.807, 2.05) is 6.92 Å². The van der Waals surface area contributed by atoms with Gasteiger partial charge in [0.1, 0.15) is 5.75 Å². The van der Waals surface area contributed by atoms with E-state index in [1.54, 1.807) is 55.9 Å². The Kier molecular flexibility index (Phi) is 9.14. The topological polar surface area (TPSA) is 137 Å². The SMILES string of the molecule is CCOc1cnc(-c2ccc(CC(=O)C(F)(CC)c3ccnc(N(Cc4ccc(OC)cc4)S(=O)(=O)C4CC4)n3)nc2)cn1. The number of alkyl halides is 1. The third-order valence-electron chi connectivity index (χ3n) is 7.32. The van der Waals surface area contributed by atoms with Gasteiger partial charge in [-0.25, -0.2) is 37.0 Å². The lowest BCUT2D eigenvalue weighted by Crippen LogP contribution is -2.37. The van der Waals surface area contributed by atoms with E-state index >= 15 is 4.39 Å². The molecule has 1 aromatic carbocycles. The maximum Gasteiger partial charge on any atom is 0.240 e. The number of halogens is 1. The lowest BCUT2D eigenvalue weighted by molar-refractivity contribution is -0.131. The number of benzene rings is 1. The first kappa shape index (κ1) is 30.9. The van der Waals surface area contributed by atoms with E-state index in [0.717, 1.165) is 4.31 Å². The fourth-order valence-electron chi connectivity index (χ4n) is 4.60. The predicted molar refractivity (Wildman–Crippen MR) is 161 cm³/mol. The van der Waals surface area contributed by atoms with Crippen molar-refractivity contribution in [1.82, 2.24) is 24.9 Å². The number of rotatable bonds is 14. The second-order valence-electron chi connectivity index (χ2n) is 10.3. The van der Waals surface area contributed by atoms with Crippen LogP contribution in [0.25, 0.3) is 11.3 Å². The molecule has 3 aromatic heterocycles. The number of sulfonamides is 1. The number of aromatic nitrogens is 5. The number of hydrogen-bond donors (Lipinski definition) is 0. The summed E-state index contributed by atoms with van der Waals surface area (Å²) in [7, 11) is -2.28. The molecule has 3 heterocycles. The minimum atomic E-state index is -3.82. The average Bonchev–Trinajstić information content (AvgIpc) is 3.91. The van der Waals surface area contributed by atoms with E-state index in [-0.39, 0.29) is 31.0 Å². The molecule has 13 heteroatoms. The van der Waals surface area contributed by atoms with Gasteiger partial charge in [-0.2, -0.15) is 0 Å². The summed E-state index contributed by atoms with van der Waals surface area (Å²) in [6, 6.07) is 11.6. The molecule has 1 atom stereocenters. The molecule has 230 valence electrons. The lowest BCUT2D eigenvalue weighted by atomic mass is 9.90. The van der Waals surface area contributed by atoms with Gasteiger partial charge >= 0.3 is 0 Å². The van der Waals surface area contributed by atoms with E-state index in [9.17, 15) is 13.2 Å². The van der Waals surface area contributed by atoms with Gasteiger partial charge in [0.05, 0.1) is 55.7 Å². The Morgan fingerprint density at radius 1 is 1.00 bits per heavy atom. The summed E-state index contributed by atoms with van der Waals surface area (Å²) in [5, 5.41) is -0.557. The van der Waals surface area contributed by atoms with E-state index in [1.165, 1.54) is 25.4 Å². The maximum atomic E-state index is 16.5. The van der Waals surface area contributed by atoms with Crippen molar-refractivity contribution in [2.45, 2.75) is 57.0 Å². The third-order valence-corrected chi connectivity index (χ3v) is 9.54. The van der Waals surface area contributed by atoms with E-state index in [0.29, 0.717) is 53.6 Å². The number of methoxy groups -OCH3 is 1. The van der Waals surface area contributed by atoms with Crippen LogP contribution in [0.2, 0.25) is 0 Å². The zero-order chi connectivity index (χ0) is 31.3. The molecule has 0 radical (unpaired) electrons. The molecule has 0 saturated heterocycles. The highest BCUT2D eigenvalue weighted by Crippen LogP contribution is 2.36. The summed E-state index contributed by atoms with van der Waals surface area (Å²) in [6.07, 6.45) is 6.44. The normalized spacial score (nSPS) is 14.5. The molecular formula is C31H33FN6O5S. The monoisotopic (exact) mass is 620 g/mol. The summed E-state index contributed by atoms with van der Waals surface area (Å²) in [5.74, 6) is 0.0957. The van der Waals surface area contributed by atoms with Crippen LogP contribution in [0, 0.1) is 0 Å². The molecule has 1 aliphatic rings. The third kappa shape index (κ3) is 6.67. The highest BCUT2D eigenvalue weighted by molar-refractivity contribution is 7.93. The number of ether oxygens (including phenoxy) is 2. The minimum absolute atomic E-state index is 0.0549. The Bertz CT molecular complexity index is 1700. The van der Waals surface area contributed by atoms with Gasteiger partial charge in [-0.3, -0.25) is 9.78 Å². The summed E-state index contributed by atoms with van der Waals surface area (Å²) >= 11 is 0. The molecular weight excluding hydrogens is 587 g/mol. The van der Waals surface area contributed by atoms with Crippen LogP contribution in [-0.2, 0) is 33.5 Å². The molecule has 1 aliphatic carbocycles. The lowest BCUT2D eigenvalue weighted by Gasteiger charge is -2.26. The zero-order valence-corrected chi connectivity index (χ0v) is 25.5. The van der Waals surface area contributed by atoms with Crippen LogP contribution in [0.1, 0.15) is 50.1 Å². The Balaban J connectivity index is 1.37. The Labute approximate surface area is 255 Å². The van der Waals surface area contributed by atoms with Gasteiger partial charge in [-0.15, -0.1) is 0 Å². The van der Waals surface area contributed by atoms with Gasteiger partial charge in [0, 0.05) is 23.7 Å². The second kappa shape index (κ2) is 13.0. The van der Waals surface area contributed by atoms with Gasteiger partial charge in [0.25, 0.3) is 0 Å². The molecule has 4 aromatic rings. The van der Waals surface area contributed by atoms with Crippen molar-refractivity contribution in [2.24, 2.45) is 0 Å². The standard InChI is InChI=1S/C31H33FN6O5S/c1-4-31(32,28(39)16-23-9-8-22(17-34-23)26-18-36-29(19-35-26)43-5-2)27-14-15-33-30(37-27)38(44(40,41)25-12-13-25)20-21-6-10-24(42-3)11-7-21/h6-11,14-15,17-19,25H,4-5,12-13,16,20H2,1-3H3. The number of ketones is 1. The number of pyridine rings is 1. The first-order valence-corrected chi connectivity index (χ1v) is 15.8. The molecule has 44 heavy (non-hydrogen) atoms. The predicted octanol–water partition coefficient (Wildman–Crippen LogP) is 4.62. The molecule has 5 rings (SSSR count). The van der Waals surface area contributed by atoms with Crippen molar-refractivity contribution in [2.75, 3.05) is 18.0 Å². The molecule has 0 bridgehead atoms. The summed E-state index contributed by atoms with van der Waals surface area (Å²) in [6.45, 7) is 3.81. The molecule has 0 amide bonds. The first-order chi connectivity index (χ1) is 21.2. The number of hydrogen-bond acceptors (Lipinski definition) is 10. The van der Waals surface area contributed by atoms with Crippen molar-refractivity contribution in [3.63, 3.8) is 0 Å². The van der Waals surface area contributed by atoms with Crippen LogP contribution in [-0.4, -0.2) is 58.1 Å². The largest absolute Gasteiger partial charge is 0.497 e. The molecule has 0 aliphatic heterocycles. The Hall–Kier alpha value is -4.52. The van der Waals surface area contributed by atoms with Crippen LogP contribution in [0.15, 0.2) is 67.3 Å². The highest BCUT2D eigenvalue weighted by atomic mass is 32.2. The number of Topliss-reactive ketones (excluding diaryl/α,β-unsaturated/α-hetero) is 1. The quantitative estimate of drug-likeness (QED) is 0.196. The van der Waals surface area contributed by atoms with Gasteiger partial charge in [-0.05, 0) is 62.1 Å². The molecule has 1 fully saturated rings. The first-order valence-electron chi connectivity index (χ1n) is 14.3. The van der Waals surface area contributed by atoms with Crippen LogP contribution in [0.4, 0.5) is 10.3 Å². The van der Waals surface area contributed by atoms with Crippen molar-refractivity contribution in [3.05, 3.63) is 84.2 Å². The molecule has 0 spiro atoms. The summed E-state index contributed by atoms with van der Waals surface area (Å²) in [4.78, 5) is 34.8. The number of nitrogens with zero attached hydrogens (tertiary/aromatic N) is 6. The average molecular weight is 621 g/mol. The van der Waals surface area contributed by atoms with E-state index in [4.69, 9.17) is 9.47 Å². The molecule has 1 unspecified atom stereocenters. The van der Waals surface area contributed by atoms with Gasteiger partial charge in [0.15, 0.2) is 5.78 Å². The fourth-order valence-corrected chi connectivity index (χ4v) is 6.34. The molecule has 0 N–H and O–H groups in total. The second-order valence-corrected chi connectivity index (χ2v) is 12.4. The van der Waals surface area contributed by atoms with Gasteiger partial charge < -0.3 is 9.47 Å². The molecule has 11 nitrogen and oxygen atoms in total. The van der Waals surface area contributed by atoms with Crippen molar-refractivity contribution < 1.29 is 27.1 Å². The number of anilines is 1. The van der Waals surface area contributed by atoms with Crippen LogP contribution >= 0.6 is 0 Å². The number of carbonyl (C=O) groups excluding carboxylic acids is 1. The van der Waals surface area contributed by atoms with Crippen LogP contribution in [0.3, 0.4) is 0 Å². The highest BCUT2D eigenvalue weighted by Gasteiger charge is 2.43. The fraction of sp³-hybridized carbons (Fsp3) is 0.355. The smallest absolute Gasteiger partial charge is 0.240 e. The number of carbonyl (C=O) groups is 1. The summed E-state index contributed by atoms with van der Waals surface area (Å²) in [5.41, 5.74) is -0.419. The van der Waals surface area contributed by atoms with Crippen molar-refractivity contribution in [3.8, 4) is 22.9 Å². The van der Waals surface area contributed by atoms with E-state index in [2.05, 4.69) is 24.9 Å². The van der Waals surface area contributed by atoms with Gasteiger partial charge in [0.2, 0.25) is 27.5 Å². The molecule has 1 saturated carbocycles. The zero-order valence-electron chi connectivity index (χ0n) is 24.7. The van der Waals surface area contributed by atoms with E-state index < -0.39 is 26.7 Å². The maximum absolute atomic E-state index is 16.5. The van der Waals surface area contributed by atoms with Gasteiger partial charge in [-0.1, -0.05) is 19.1 Å². The minimum Gasteiger partial charge on any atom is -0.497 e. The van der Waals surface area contributed by atoms with Crippen LogP contribution < -0.4 is 13.8 Å². The Morgan fingerprint density at radius 2 is 1.77 bits per heavy atom.